The first-order valence-corrected chi connectivity index (χ1v) is 28.3. The van der Waals surface area contributed by atoms with E-state index in [9.17, 15) is 9.13 Å². The molecule has 0 saturated carbocycles. The zero-order chi connectivity index (χ0) is 49.0. The van der Waals surface area contributed by atoms with Crippen molar-refractivity contribution in [2.24, 2.45) is 0 Å². The van der Waals surface area contributed by atoms with Crippen LogP contribution in [0.25, 0.3) is 45.1 Å². The molecular formula is C53H67N5O10P2. The van der Waals surface area contributed by atoms with Crippen molar-refractivity contribution in [1.29, 1.82) is 0 Å². The van der Waals surface area contributed by atoms with E-state index in [4.69, 9.17) is 53.5 Å². The molecule has 0 saturated heterocycles. The van der Waals surface area contributed by atoms with Crippen molar-refractivity contribution in [3.63, 3.8) is 0 Å². The molecule has 7 rings (SSSR count). The average Bonchev–Trinajstić information content (AvgIpc) is 3.92. The topological polar surface area (TPSA) is 201 Å². The first-order chi connectivity index (χ1) is 34.0. The van der Waals surface area contributed by atoms with Gasteiger partial charge in [-0.05, 0) is 149 Å². The molecule has 374 valence electrons. The number of pyridine rings is 1. The molecule has 0 aliphatic rings. The number of aromatic nitrogens is 5. The lowest BCUT2D eigenvalue weighted by molar-refractivity contribution is 0.296. The number of hydrogen-bond donors (Lipinski definition) is 4. The van der Waals surface area contributed by atoms with Gasteiger partial charge in [0.15, 0.2) is 11.6 Å². The zero-order valence-electron chi connectivity index (χ0n) is 39.9. The van der Waals surface area contributed by atoms with Crippen LogP contribution in [0.15, 0.2) is 115 Å². The summed E-state index contributed by atoms with van der Waals surface area (Å²) in [6, 6.07) is 37.9. The molecule has 15 nitrogen and oxygen atoms in total. The van der Waals surface area contributed by atoms with E-state index in [1.54, 1.807) is 0 Å². The SMILES string of the molecule is O=P(O)(O)CCCCCCOc1ccc(OCCCCCn2c(-c3cccc(-c4nc5ccccc5n4CCCCCOc4ccc(OCCCCCCP(=O)(O)O)cc4)n3)nc3ccccc32)cc1. The largest absolute Gasteiger partial charge is 0.494 e. The van der Waals surface area contributed by atoms with Crippen LogP contribution in [0.2, 0.25) is 0 Å². The van der Waals surface area contributed by atoms with Crippen molar-refractivity contribution in [1.82, 2.24) is 24.1 Å². The second-order valence-corrected chi connectivity index (χ2v) is 21.2. The van der Waals surface area contributed by atoms with Gasteiger partial charge in [0.05, 0.1) is 48.5 Å². The third kappa shape index (κ3) is 16.8. The maximum atomic E-state index is 11.0. The number of para-hydroxylation sites is 4. The van der Waals surface area contributed by atoms with Crippen molar-refractivity contribution in [3.05, 3.63) is 115 Å². The lowest BCUT2D eigenvalue weighted by atomic mass is 10.2. The van der Waals surface area contributed by atoms with E-state index in [1.165, 1.54) is 0 Å². The van der Waals surface area contributed by atoms with Crippen molar-refractivity contribution in [2.75, 3.05) is 38.8 Å². The number of hydrogen-bond acceptors (Lipinski definition) is 9. The number of rotatable bonds is 32. The van der Waals surface area contributed by atoms with Gasteiger partial charge in [0.25, 0.3) is 0 Å². The number of unbranched alkanes of at least 4 members (excludes halogenated alkanes) is 10. The summed E-state index contributed by atoms with van der Waals surface area (Å²) in [5, 5.41) is 0. The summed E-state index contributed by atoms with van der Waals surface area (Å²) in [5.74, 6) is 4.80. The van der Waals surface area contributed by atoms with Crippen LogP contribution in [0.4, 0.5) is 0 Å². The summed E-state index contributed by atoms with van der Waals surface area (Å²) in [7, 11) is -7.82. The minimum Gasteiger partial charge on any atom is -0.494 e. The molecule has 7 aromatic rings. The van der Waals surface area contributed by atoms with Crippen molar-refractivity contribution >= 4 is 37.3 Å². The molecule has 0 fully saturated rings. The van der Waals surface area contributed by atoms with Crippen LogP contribution in [0.5, 0.6) is 23.0 Å². The van der Waals surface area contributed by atoms with Crippen LogP contribution in [0.3, 0.4) is 0 Å². The highest BCUT2D eigenvalue weighted by atomic mass is 31.2. The quantitative estimate of drug-likeness (QED) is 0.0230. The molecule has 4 aromatic carbocycles. The summed E-state index contributed by atoms with van der Waals surface area (Å²) in [6.45, 7) is 3.90. The average molecular weight is 996 g/mol. The molecule has 0 aliphatic carbocycles. The van der Waals surface area contributed by atoms with Gasteiger partial charge < -0.3 is 47.7 Å². The van der Waals surface area contributed by atoms with Crippen LogP contribution in [0, 0.1) is 0 Å². The molecule has 0 unspecified atom stereocenters. The summed E-state index contributed by atoms with van der Waals surface area (Å²) in [4.78, 5) is 51.4. The van der Waals surface area contributed by atoms with Gasteiger partial charge in [-0.3, -0.25) is 9.13 Å². The molecule has 0 aliphatic heterocycles. The van der Waals surface area contributed by atoms with E-state index in [-0.39, 0.29) is 12.3 Å². The van der Waals surface area contributed by atoms with E-state index in [2.05, 4.69) is 45.5 Å². The highest BCUT2D eigenvalue weighted by molar-refractivity contribution is 7.52. The zero-order valence-corrected chi connectivity index (χ0v) is 41.7. The molecule has 0 spiro atoms. The van der Waals surface area contributed by atoms with E-state index in [1.807, 2.05) is 78.9 Å². The van der Waals surface area contributed by atoms with Crippen LogP contribution in [-0.2, 0) is 22.2 Å². The highest BCUT2D eigenvalue weighted by Gasteiger charge is 2.18. The Morgan fingerprint density at radius 2 is 0.700 bits per heavy atom. The Morgan fingerprint density at radius 3 is 1.06 bits per heavy atom. The minimum absolute atomic E-state index is 0.0577. The van der Waals surface area contributed by atoms with Crippen molar-refractivity contribution < 1.29 is 47.7 Å². The number of imidazole rings is 2. The first-order valence-electron chi connectivity index (χ1n) is 24.7. The van der Waals surface area contributed by atoms with Gasteiger partial charge >= 0.3 is 15.2 Å². The first kappa shape index (κ1) is 52.3. The molecule has 3 heterocycles. The van der Waals surface area contributed by atoms with Crippen LogP contribution >= 0.6 is 15.2 Å². The molecule has 70 heavy (non-hydrogen) atoms. The lowest BCUT2D eigenvalue weighted by Gasteiger charge is -2.12. The number of fused-ring (bicyclic) bond motifs is 2. The predicted molar refractivity (Wildman–Crippen MR) is 275 cm³/mol. The summed E-state index contributed by atoms with van der Waals surface area (Å²) in [5.41, 5.74) is 5.61. The fraction of sp³-hybridized carbons (Fsp3) is 0.415. The van der Waals surface area contributed by atoms with Gasteiger partial charge in [-0.15, -0.1) is 0 Å². The number of ether oxygens (including phenoxy) is 4. The summed E-state index contributed by atoms with van der Waals surface area (Å²) in [6.07, 6.45) is 11.5. The predicted octanol–water partition coefficient (Wildman–Crippen LogP) is 11.8. The van der Waals surface area contributed by atoms with Gasteiger partial charge in [0.2, 0.25) is 0 Å². The van der Waals surface area contributed by atoms with Crippen LogP contribution in [0.1, 0.15) is 89.9 Å². The number of aryl methyl sites for hydroxylation is 2. The molecule has 0 radical (unpaired) electrons. The van der Waals surface area contributed by atoms with Gasteiger partial charge in [0, 0.05) is 25.4 Å². The van der Waals surface area contributed by atoms with Crippen molar-refractivity contribution in [2.45, 2.75) is 103 Å². The smallest absolute Gasteiger partial charge is 0.325 e. The molecule has 4 N–H and O–H groups in total. The van der Waals surface area contributed by atoms with Crippen LogP contribution < -0.4 is 18.9 Å². The summed E-state index contributed by atoms with van der Waals surface area (Å²) < 4.78 is 50.3. The Labute approximate surface area is 410 Å². The fourth-order valence-corrected chi connectivity index (χ4v) is 9.62. The Hall–Kier alpha value is -5.53. The third-order valence-electron chi connectivity index (χ3n) is 12.0. The molecular weight excluding hydrogens is 929 g/mol. The van der Waals surface area contributed by atoms with Gasteiger partial charge in [-0.1, -0.05) is 56.0 Å². The second kappa shape index (κ2) is 26.6. The normalized spacial score (nSPS) is 11.9. The number of nitrogens with zero attached hydrogens (tertiary/aromatic N) is 5. The molecule has 0 bridgehead atoms. The molecule has 17 heteroatoms. The van der Waals surface area contributed by atoms with E-state index in [0.29, 0.717) is 39.3 Å². The minimum atomic E-state index is -3.91. The molecule has 3 aromatic heterocycles. The van der Waals surface area contributed by atoms with Gasteiger partial charge in [-0.25, -0.2) is 15.0 Å². The fourth-order valence-electron chi connectivity index (χ4n) is 8.35. The lowest BCUT2D eigenvalue weighted by Crippen LogP contribution is -2.05. The van der Waals surface area contributed by atoms with Crippen LogP contribution in [-0.4, -0.2) is 82.4 Å². The monoisotopic (exact) mass is 995 g/mol. The maximum Gasteiger partial charge on any atom is 0.325 e. The van der Waals surface area contributed by atoms with E-state index >= 15 is 0 Å². The molecule has 0 amide bonds. The van der Waals surface area contributed by atoms with E-state index in [0.717, 1.165) is 158 Å². The number of benzene rings is 4. The van der Waals surface area contributed by atoms with Gasteiger partial charge in [0.1, 0.15) is 34.4 Å². The van der Waals surface area contributed by atoms with Gasteiger partial charge in [-0.2, -0.15) is 0 Å². The maximum absolute atomic E-state index is 11.0. The second-order valence-electron chi connectivity index (χ2n) is 17.6. The Morgan fingerprint density at radius 1 is 0.371 bits per heavy atom. The highest BCUT2D eigenvalue weighted by Crippen LogP contribution is 2.36. The molecule has 0 atom stereocenters. The Bertz CT molecular complexity index is 2590. The summed E-state index contributed by atoms with van der Waals surface area (Å²) >= 11 is 0. The standard InChI is InChI=1S/C53H67N5O10P2/c59-69(60,61)40-17-3-1-13-36-65-42-26-30-44(31-27-42)67-38-15-5-11-34-57-50-24-9-7-20-46(50)55-52(57)48-22-19-23-49(54-48)53-56-47-21-8-10-25-51(47)58(53)35-12-6-16-39-68-45-32-28-43(29-33-45)66-37-14-2-4-18-41-70(62,63)64/h7-10,19-33H,1-6,11-18,34-41H2,(H2,59,60,61)(H2,62,63,64). The van der Waals surface area contributed by atoms with E-state index < -0.39 is 15.2 Å². The Kier molecular flexibility index (Phi) is 19.9. The third-order valence-corrected chi connectivity index (χ3v) is 13.8. The Balaban J connectivity index is 0.870. The van der Waals surface area contributed by atoms with Crippen molar-refractivity contribution in [3.8, 4) is 46.0 Å².